The fraction of sp³-hybridized carbons (Fsp3) is 0.571. The molecule has 1 unspecified atom stereocenters. The van der Waals surface area contributed by atoms with Crippen molar-refractivity contribution in [2.75, 3.05) is 23.7 Å². The monoisotopic (exact) mass is 384 g/mol. The zero-order valence-corrected chi connectivity index (χ0v) is 17.3. The fourth-order valence-corrected chi connectivity index (χ4v) is 3.28. The number of hydrogen-bond donors (Lipinski definition) is 3. The maximum atomic E-state index is 12.7. The predicted molar refractivity (Wildman–Crippen MR) is 113 cm³/mol. The van der Waals surface area contributed by atoms with Crippen molar-refractivity contribution < 1.29 is 4.79 Å². The van der Waals surface area contributed by atoms with Gasteiger partial charge in [0, 0.05) is 13.1 Å². The number of carbonyl (C=O) groups excluding carboxylic acids is 1. The lowest BCUT2D eigenvalue weighted by Crippen LogP contribution is -2.47. The molecular formula is C21H32N6O. The summed E-state index contributed by atoms with van der Waals surface area (Å²) in [6, 6.07) is 8.55. The molecular weight excluding hydrogens is 352 g/mol. The minimum absolute atomic E-state index is 0.0159. The van der Waals surface area contributed by atoms with E-state index in [1.54, 1.807) is 0 Å². The molecule has 0 spiro atoms. The Morgan fingerprint density at radius 2 is 2.00 bits per heavy atom. The third-order valence-corrected chi connectivity index (χ3v) is 5.29. The summed E-state index contributed by atoms with van der Waals surface area (Å²) in [6.07, 6.45) is 2.29. The summed E-state index contributed by atoms with van der Waals surface area (Å²) in [6.45, 7) is 10.8. The zero-order chi connectivity index (χ0) is 20.1. The molecule has 1 aromatic carbocycles. The highest BCUT2D eigenvalue weighted by atomic mass is 16.2. The number of fused-ring (bicyclic) bond motifs is 1. The van der Waals surface area contributed by atoms with Gasteiger partial charge in [0.05, 0.1) is 12.0 Å². The normalized spacial score (nSPS) is 18.8. The van der Waals surface area contributed by atoms with Crippen molar-refractivity contribution >= 4 is 17.8 Å². The highest BCUT2D eigenvalue weighted by Gasteiger charge is 2.34. The van der Waals surface area contributed by atoms with Crippen molar-refractivity contribution in [3.63, 3.8) is 0 Å². The Morgan fingerprint density at radius 3 is 2.68 bits per heavy atom. The van der Waals surface area contributed by atoms with E-state index in [2.05, 4.69) is 71.1 Å². The lowest BCUT2D eigenvalue weighted by atomic mass is 9.99. The molecule has 2 aromatic rings. The summed E-state index contributed by atoms with van der Waals surface area (Å²) in [4.78, 5) is 17.1. The summed E-state index contributed by atoms with van der Waals surface area (Å²) >= 11 is 0. The van der Waals surface area contributed by atoms with Crippen LogP contribution in [0.1, 0.15) is 62.4 Å². The number of hydrogen-bond acceptors (Lipinski definition) is 6. The fourth-order valence-electron chi connectivity index (χ4n) is 3.28. The third-order valence-electron chi connectivity index (χ3n) is 5.29. The molecule has 3 rings (SSSR count). The SMILES string of the molecule is CCCCNC[C@@H]1Nc2nc(NCc3ccc(C(C)C)cc3)nn2C(=O)C1C. The predicted octanol–water partition coefficient (Wildman–Crippen LogP) is 3.47. The molecule has 1 aliphatic heterocycles. The molecule has 0 saturated heterocycles. The van der Waals surface area contributed by atoms with Crippen molar-refractivity contribution in [1.29, 1.82) is 0 Å². The van der Waals surface area contributed by atoms with Gasteiger partial charge in [0.15, 0.2) is 0 Å². The van der Waals surface area contributed by atoms with Gasteiger partial charge < -0.3 is 16.0 Å². The quantitative estimate of drug-likeness (QED) is 0.574. The second-order valence-electron chi connectivity index (χ2n) is 7.86. The highest BCUT2D eigenvalue weighted by molar-refractivity contribution is 5.86. The molecule has 0 bridgehead atoms. The summed E-state index contributed by atoms with van der Waals surface area (Å²) in [5.74, 6) is 1.34. The maximum Gasteiger partial charge on any atom is 0.255 e. The van der Waals surface area contributed by atoms with E-state index in [0.717, 1.165) is 31.5 Å². The number of benzene rings is 1. The van der Waals surface area contributed by atoms with Gasteiger partial charge in [0.25, 0.3) is 5.91 Å². The lowest BCUT2D eigenvalue weighted by molar-refractivity contribution is 0.0801. The molecule has 2 atom stereocenters. The van der Waals surface area contributed by atoms with Gasteiger partial charge >= 0.3 is 0 Å². The molecule has 1 aliphatic rings. The van der Waals surface area contributed by atoms with Crippen LogP contribution in [0.25, 0.3) is 0 Å². The molecule has 0 aliphatic carbocycles. The van der Waals surface area contributed by atoms with Crippen LogP contribution in [-0.4, -0.2) is 39.8 Å². The van der Waals surface area contributed by atoms with Crippen molar-refractivity contribution in [3.8, 4) is 0 Å². The van der Waals surface area contributed by atoms with Gasteiger partial charge in [-0.25, -0.2) is 0 Å². The van der Waals surface area contributed by atoms with Crippen LogP contribution in [0.5, 0.6) is 0 Å². The summed E-state index contributed by atoms with van der Waals surface area (Å²) in [5.41, 5.74) is 2.48. The summed E-state index contributed by atoms with van der Waals surface area (Å²) in [5, 5.41) is 14.3. The van der Waals surface area contributed by atoms with Gasteiger partial charge in [0.2, 0.25) is 11.9 Å². The van der Waals surface area contributed by atoms with Crippen LogP contribution in [0.3, 0.4) is 0 Å². The van der Waals surface area contributed by atoms with Crippen LogP contribution in [0.4, 0.5) is 11.9 Å². The Labute approximate surface area is 167 Å². The average molecular weight is 385 g/mol. The van der Waals surface area contributed by atoms with E-state index in [-0.39, 0.29) is 17.9 Å². The van der Waals surface area contributed by atoms with E-state index in [1.165, 1.54) is 10.2 Å². The number of nitrogens with zero attached hydrogens (tertiary/aromatic N) is 3. The number of nitrogens with one attached hydrogen (secondary N) is 3. The molecule has 7 nitrogen and oxygen atoms in total. The molecule has 3 N–H and O–H groups in total. The Kier molecular flexibility index (Phi) is 6.67. The van der Waals surface area contributed by atoms with Crippen LogP contribution in [-0.2, 0) is 6.54 Å². The zero-order valence-electron chi connectivity index (χ0n) is 17.3. The van der Waals surface area contributed by atoms with Gasteiger partial charge in [-0.1, -0.05) is 58.4 Å². The molecule has 1 aromatic heterocycles. The van der Waals surface area contributed by atoms with Crippen LogP contribution in [0.2, 0.25) is 0 Å². The van der Waals surface area contributed by atoms with Gasteiger partial charge in [-0.2, -0.15) is 9.67 Å². The van der Waals surface area contributed by atoms with Crippen molar-refractivity contribution in [2.24, 2.45) is 5.92 Å². The molecule has 0 amide bonds. The largest absolute Gasteiger partial charge is 0.349 e. The van der Waals surface area contributed by atoms with Crippen LogP contribution in [0.15, 0.2) is 24.3 Å². The first kappa shape index (κ1) is 20.3. The third kappa shape index (κ3) is 4.70. The first-order chi connectivity index (χ1) is 13.5. The van der Waals surface area contributed by atoms with Gasteiger partial charge in [-0.15, -0.1) is 5.10 Å². The topological polar surface area (TPSA) is 83.9 Å². The first-order valence-corrected chi connectivity index (χ1v) is 10.3. The molecule has 0 fully saturated rings. The van der Waals surface area contributed by atoms with Crippen molar-refractivity contribution in [1.82, 2.24) is 20.1 Å². The minimum atomic E-state index is -0.153. The Morgan fingerprint density at radius 1 is 1.25 bits per heavy atom. The molecule has 7 heteroatoms. The van der Waals surface area contributed by atoms with Gasteiger partial charge in [-0.05, 0) is 30.0 Å². The van der Waals surface area contributed by atoms with Crippen molar-refractivity contribution in [2.45, 2.75) is 59.0 Å². The number of rotatable bonds is 9. The molecule has 152 valence electrons. The van der Waals surface area contributed by atoms with E-state index in [4.69, 9.17) is 0 Å². The summed E-state index contributed by atoms with van der Waals surface area (Å²) < 4.78 is 1.39. The van der Waals surface area contributed by atoms with Gasteiger partial charge in [-0.3, -0.25) is 4.79 Å². The Bertz CT molecular complexity index is 783. The second kappa shape index (κ2) is 9.19. The minimum Gasteiger partial charge on any atom is -0.349 e. The van der Waals surface area contributed by atoms with Gasteiger partial charge in [0.1, 0.15) is 0 Å². The molecule has 2 heterocycles. The summed E-state index contributed by atoms with van der Waals surface area (Å²) in [7, 11) is 0. The molecule has 0 radical (unpaired) electrons. The Hall–Kier alpha value is -2.41. The molecule has 28 heavy (non-hydrogen) atoms. The standard InChI is InChI=1S/C21H32N6O/c1-5-6-11-22-13-18-15(4)19(28)27-21(24-18)25-20(26-27)23-12-16-7-9-17(10-8-16)14(2)3/h7-10,14-15,18,22H,5-6,11-13H2,1-4H3,(H2,23,24,25,26)/t15?,18-/m0/s1. The van der Waals surface area contributed by atoms with E-state index in [9.17, 15) is 4.79 Å². The first-order valence-electron chi connectivity index (χ1n) is 10.3. The highest BCUT2D eigenvalue weighted by Crippen LogP contribution is 2.22. The van der Waals surface area contributed by atoms with E-state index < -0.39 is 0 Å². The van der Waals surface area contributed by atoms with Crippen LogP contribution in [0, 0.1) is 5.92 Å². The number of unbranched alkanes of at least 4 members (excludes halogenated alkanes) is 1. The van der Waals surface area contributed by atoms with Crippen molar-refractivity contribution in [3.05, 3.63) is 35.4 Å². The number of anilines is 2. The number of carbonyl (C=O) groups is 1. The smallest absolute Gasteiger partial charge is 0.255 e. The van der Waals surface area contributed by atoms with E-state index in [1.807, 2.05) is 6.92 Å². The average Bonchev–Trinajstić information content (AvgIpc) is 3.10. The molecule has 0 saturated carbocycles. The Balaban J connectivity index is 1.61. The van der Waals surface area contributed by atoms with E-state index >= 15 is 0 Å². The van der Waals surface area contributed by atoms with E-state index in [0.29, 0.717) is 24.4 Å². The maximum absolute atomic E-state index is 12.7. The lowest BCUT2D eigenvalue weighted by Gasteiger charge is -2.29. The second-order valence-corrected chi connectivity index (χ2v) is 7.86. The van der Waals surface area contributed by atoms with Crippen LogP contribution < -0.4 is 16.0 Å². The number of aromatic nitrogens is 3. The van der Waals surface area contributed by atoms with Crippen LogP contribution >= 0.6 is 0 Å².